The summed E-state index contributed by atoms with van der Waals surface area (Å²) in [5.74, 6) is -0.101. The summed E-state index contributed by atoms with van der Waals surface area (Å²) < 4.78 is 0. The standard InChI is InChI=1S/C21H25N5O2/c1-25(20(27)17-13-22-14-18-19(17)24-21(28)23-18)16-8-11-26(12-9-16)10-7-15-5-3-2-4-6-15/h2-6,13-14,16H,7-12H2,1H3,(H2,23,24,28). The van der Waals surface area contributed by atoms with Gasteiger partial charge < -0.3 is 19.8 Å². The zero-order chi connectivity index (χ0) is 19.5. The van der Waals surface area contributed by atoms with E-state index in [1.54, 1.807) is 11.1 Å². The number of hydrogen-bond acceptors (Lipinski definition) is 4. The first-order chi connectivity index (χ1) is 13.6. The molecule has 0 saturated carbocycles. The quantitative estimate of drug-likeness (QED) is 0.710. The number of pyridine rings is 1. The van der Waals surface area contributed by atoms with Gasteiger partial charge in [-0.2, -0.15) is 0 Å². The molecule has 2 aromatic heterocycles. The Hall–Kier alpha value is -2.93. The highest BCUT2D eigenvalue weighted by Crippen LogP contribution is 2.20. The molecule has 2 N–H and O–H groups in total. The van der Waals surface area contributed by atoms with Crippen LogP contribution in [-0.4, -0.2) is 63.4 Å². The van der Waals surface area contributed by atoms with Crippen LogP contribution in [-0.2, 0) is 6.42 Å². The molecule has 1 fully saturated rings. The van der Waals surface area contributed by atoms with E-state index >= 15 is 0 Å². The third-order valence-corrected chi connectivity index (χ3v) is 5.65. The highest BCUT2D eigenvalue weighted by Gasteiger charge is 2.27. The fraction of sp³-hybridized carbons (Fsp3) is 0.381. The lowest BCUT2D eigenvalue weighted by atomic mass is 10.0. The molecule has 7 nitrogen and oxygen atoms in total. The minimum atomic E-state index is -0.327. The summed E-state index contributed by atoms with van der Waals surface area (Å²) in [5, 5.41) is 0. The van der Waals surface area contributed by atoms with Crippen molar-refractivity contribution >= 4 is 16.9 Å². The molecule has 0 radical (unpaired) electrons. The second-order valence-corrected chi connectivity index (χ2v) is 7.41. The molecule has 0 bridgehead atoms. The molecule has 0 unspecified atom stereocenters. The molecule has 0 aliphatic carbocycles. The number of imidazole rings is 1. The van der Waals surface area contributed by atoms with E-state index in [4.69, 9.17) is 0 Å². The number of carbonyl (C=O) groups is 1. The van der Waals surface area contributed by atoms with Gasteiger partial charge in [-0.25, -0.2) is 4.79 Å². The minimum absolute atomic E-state index is 0.101. The Balaban J connectivity index is 1.36. The van der Waals surface area contributed by atoms with Crippen LogP contribution >= 0.6 is 0 Å². The largest absolute Gasteiger partial charge is 0.339 e. The number of fused-ring (bicyclic) bond motifs is 1. The predicted octanol–water partition coefficient (Wildman–Crippen LogP) is 2.03. The van der Waals surface area contributed by atoms with Crippen molar-refractivity contribution < 1.29 is 4.79 Å². The SMILES string of the molecule is CN(C(=O)c1cncc2[nH]c(=O)[nH]c12)C1CCN(CCc2ccccc2)CC1. The van der Waals surface area contributed by atoms with Crippen molar-refractivity contribution in [1.29, 1.82) is 0 Å². The first kappa shape index (κ1) is 18.4. The molecule has 4 rings (SSSR count). The van der Waals surface area contributed by atoms with E-state index in [9.17, 15) is 9.59 Å². The monoisotopic (exact) mass is 379 g/mol. The third-order valence-electron chi connectivity index (χ3n) is 5.65. The van der Waals surface area contributed by atoms with Gasteiger partial charge in [-0.05, 0) is 24.8 Å². The van der Waals surface area contributed by atoms with Crippen LogP contribution in [0.1, 0.15) is 28.8 Å². The topological polar surface area (TPSA) is 85.1 Å². The Morgan fingerprint density at radius 3 is 2.68 bits per heavy atom. The molecule has 146 valence electrons. The van der Waals surface area contributed by atoms with Crippen LogP contribution < -0.4 is 5.69 Å². The van der Waals surface area contributed by atoms with E-state index in [1.165, 1.54) is 11.8 Å². The highest BCUT2D eigenvalue weighted by atomic mass is 16.2. The number of rotatable bonds is 5. The van der Waals surface area contributed by atoms with E-state index in [0.29, 0.717) is 16.6 Å². The highest BCUT2D eigenvalue weighted by molar-refractivity contribution is 6.04. The van der Waals surface area contributed by atoms with E-state index in [2.05, 4.69) is 44.1 Å². The number of likely N-dealkylation sites (tertiary alicyclic amines) is 1. The number of H-pyrrole nitrogens is 2. The Kier molecular flexibility index (Phi) is 5.25. The van der Waals surface area contributed by atoms with Gasteiger partial charge in [0.25, 0.3) is 5.91 Å². The number of carbonyl (C=O) groups excluding carboxylic acids is 1. The first-order valence-corrected chi connectivity index (χ1v) is 9.71. The molecule has 1 aliphatic rings. The second-order valence-electron chi connectivity index (χ2n) is 7.41. The Bertz CT molecular complexity index is 1000. The van der Waals surface area contributed by atoms with Gasteiger partial charge in [-0.1, -0.05) is 30.3 Å². The molecule has 1 saturated heterocycles. The van der Waals surface area contributed by atoms with Crippen LogP contribution in [0.4, 0.5) is 0 Å². The van der Waals surface area contributed by atoms with Crippen molar-refractivity contribution in [2.24, 2.45) is 0 Å². The Morgan fingerprint density at radius 1 is 1.18 bits per heavy atom. The van der Waals surface area contributed by atoms with Gasteiger partial charge in [0.05, 0.1) is 22.8 Å². The molecule has 1 aliphatic heterocycles. The molecule has 28 heavy (non-hydrogen) atoms. The van der Waals surface area contributed by atoms with Crippen molar-refractivity contribution in [3.63, 3.8) is 0 Å². The van der Waals surface area contributed by atoms with Crippen LogP contribution in [0.5, 0.6) is 0 Å². The molecule has 1 aromatic carbocycles. The van der Waals surface area contributed by atoms with E-state index in [-0.39, 0.29) is 17.6 Å². The average molecular weight is 379 g/mol. The lowest BCUT2D eigenvalue weighted by Gasteiger charge is -2.36. The normalized spacial score (nSPS) is 15.8. The maximum Gasteiger partial charge on any atom is 0.323 e. The zero-order valence-corrected chi connectivity index (χ0v) is 16.0. The fourth-order valence-electron chi connectivity index (χ4n) is 3.94. The maximum atomic E-state index is 13.0. The van der Waals surface area contributed by atoms with Gasteiger partial charge in [0.1, 0.15) is 0 Å². The molecular formula is C21H25N5O2. The zero-order valence-electron chi connectivity index (χ0n) is 16.0. The summed E-state index contributed by atoms with van der Waals surface area (Å²) in [4.78, 5) is 38.3. The summed E-state index contributed by atoms with van der Waals surface area (Å²) in [5.41, 5.74) is 2.55. The number of amides is 1. The van der Waals surface area contributed by atoms with Crippen molar-refractivity contribution in [3.8, 4) is 0 Å². The number of aromatic amines is 2. The van der Waals surface area contributed by atoms with E-state index in [0.717, 1.165) is 38.9 Å². The van der Waals surface area contributed by atoms with Crippen LogP contribution in [0, 0.1) is 0 Å². The van der Waals surface area contributed by atoms with Crippen LogP contribution in [0.25, 0.3) is 11.0 Å². The van der Waals surface area contributed by atoms with Crippen molar-refractivity contribution in [2.75, 3.05) is 26.7 Å². The van der Waals surface area contributed by atoms with E-state index in [1.807, 2.05) is 13.1 Å². The van der Waals surface area contributed by atoms with Crippen LogP contribution in [0.15, 0.2) is 47.5 Å². The Morgan fingerprint density at radius 2 is 1.93 bits per heavy atom. The molecular weight excluding hydrogens is 354 g/mol. The Labute approximate surface area is 163 Å². The lowest BCUT2D eigenvalue weighted by molar-refractivity contribution is 0.0645. The van der Waals surface area contributed by atoms with Crippen LogP contribution in [0.3, 0.4) is 0 Å². The second kappa shape index (κ2) is 7.98. The first-order valence-electron chi connectivity index (χ1n) is 9.71. The van der Waals surface area contributed by atoms with Crippen molar-refractivity contribution in [3.05, 3.63) is 64.3 Å². The summed E-state index contributed by atoms with van der Waals surface area (Å²) in [6.45, 7) is 3.01. The lowest BCUT2D eigenvalue weighted by Crippen LogP contribution is -2.46. The average Bonchev–Trinajstić information content (AvgIpc) is 3.12. The smallest absolute Gasteiger partial charge is 0.323 e. The number of piperidine rings is 1. The van der Waals surface area contributed by atoms with Gasteiger partial charge >= 0.3 is 5.69 Å². The van der Waals surface area contributed by atoms with Crippen molar-refractivity contribution in [1.82, 2.24) is 24.8 Å². The summed E-state index contributed by atoms with van der Waals surface area (Å²) in [6, 6.07) is 10.7. The number of nitrogens with one attached hydrogen (secondary N) is 2. The summed E-state index contributed by atoms with van der Waals surface area (Å²) in [7, 11) is 1.84. The molecule has 0 spiro atoms. The van der Waals surface area contributed by atoms with Gasteiger partial charge in [0.2, 0.25) is 0 Å². The molecule has 0 atom stereocenters. The number of benzene rings is 1. The van der Waals surface area contributed by atoms with Crippen LogP contribution in [0.2, 0.25) is 0 Å². The van der Waals surface area contributed by atoms with E-state index < -0.39 is 0 Å². The summed E-state index contributed by atoms with van der Waals surface area (Å²) >= 11 is 0. The van der Waals surface area contributed by atoms with Gasteiger partial charge in [-0.3, -0.25) is 9.78 Å². The van der Waals surface area contributed by atoms with Gasteiger partial charge in [0, 0.05) is 38.9 Å². The molecule has 1 amide bonds. The van der Waals surface area contributed by atoms with Gasteiger partial charge in [0.15, 0.2) is 0 Å². The molecule has 7 heteroatoms. The maximum absolute atomic E-state index is 13.0. The van der Waals surface area contributed by atoms with Crippen molar-refractivity contribution in [2.45, 2.75) is 25.3 Å². The van der Waals surface area contributed by atoms with Gasteiger partial charge in [-0.15, -0.1) is 0 Å². The minimum Gasteiger partial charge on any atom is -0.339 e. The number of aromatic nitrogens is 3. The molecule has 3 aromatic rings. The fourth-order valence-corrected chi connectivity index (χ4v) is 3.94. The molecule has 3 heterocycles. The number of hydrogen-bond donors (Lipinski definition) is 2. The third kappa shape index (κ3) is 3.84. The number of nitrogens with zero attached hydrogens (tertiary/aromatic N) is 3. The summed E-state index contributed by atoms with van der Waals surface area (Å²) in [6.07, 6.45) is 6.03. The predicted molar refractivity (Wildman–Crippen MR) is 108 cm³/mol.